The van der Waals surface area contributed by atoms with Crippen molar-refractivity contribution in [2.75, 3.05) is 20.8 Å². The van der Waals surface area contributed by atoms with Crippen LogP contribution in [0.1, 0.15) is 29.2 Å². The number of benzene rings is 2. The molecule has 150 valence electrons. The Hall–Kier alpha value is -3.22. The van der Waals surface area contributed by atoms with Gasteiger partial charge < -0.3 is 29.4 Å². The van der Waals surface area contributed by atoms with Crippen LogP contribution in [0.2, 0.25) is 0 Å². The van der Waals surface area contributed by atoms with Crippen LogP contribution in [0.3, 0.4) is 0 Å². The van der Waals surface area contributed by atoms with Crippen molar-refractivity contribution in [3.8, 4) is 17.2 Å². The third kappa shape index (κ3) is 5.64. The quantitative estimate of drug-likeness (QED) is 0.705. The van der Waals surface area contributed by atoms with Crippen molar-refractivity contribution >= 4 is 11.9 Å². The van der Waals surface area contributed by atoms with Gasteiger partial charge >= 0.3 is 0 Å². The molecule has 1 amide bonds. The molecule has 2 aromatic rings. The number of carbonyl (C=O) groups excluding carboxylic acids is 2. The molecule has 0 aliphatic carbocycles. The molecule has 0 aliphatic heterocycles. The second kappa shape index (κ2) is 9.64. The first-order valence-electron chi connectivity index (χ1n) is 8.75. The SMILES string of the molecule is COc1ccc([C@@H](CC(=O)[O-])NC(=O)COc2cc(C)ccc2C)cc1OC. The van der Waals surface area contributed by atoms with Gasteiger partial charge in [0.1, 0.15) is 5.75 Å². The van der Waals surface area contributed by atoms with Crippen LogP contribution in [-0.2, 0) is 9.59 Å². The van der Waals surface area contributed by atoms with Crippen LogP contribution in [0.15, 0.2) is 36.4 Å². The molecule has 2 rings (SSSR count). The number of amides is 1. The maximum Gasteiger partial charge on any atom is 0.258 e. The molecule has 0 bridgehead atoms. The van der Waals surface area contributed by atoms with Gasteiger partial charge in [-0.25, -0.2) is 0 Å². The minimum atomic E-state index is -1.28. The lowest BCUT2D eigenvalue weighted by Gasteiger charge is -2.21. The van der Waals surface area contributed by atoms with Crippen LogP contribution in [0.25, 0.3) is 0 Å². The fourth-order valence-electron chi connectivity index (χ4n) is 2.73. The standard InChI is InChI=1S/C21H25NO6/c1-13-5-6-14(2)18(9-13)28-12-20(23)22-16(11-21(24)25)15-7-8-17(26-3)19(10-15)27-4/h5-10,16H,11-12H2,1-4H3,(H,22,23)(H,24,25)/p-1/t16-/m1/s1. The molecule has 7 heteroatoms. The molecule has 0 unspecified atom stereocenters. The van der Waals surface area contributed by atoms with E-state index in [0.29, 0.717) is 22.8 Å². The van der Waals surface area contributed by atoms with E-state index in [4.69, 9.17) is 14.2 Å². The molecule has 1 atom stereocenters. The number of aliphatic carboxylic acids is 1. The summed E-state index contributed by atoms with van der Waals surface area (Å²) in [7, 11) is 2.98. The smallest absolute Gasteiger partial charge is 0.258 e. The summed E-state index contributed by atoms with van der Waals surface area (Å²) in [6, 6.07) is 9.85. The third-order valence-corrected chi connectivity index (χ3v) is 4.22. The van der Waals surface area contributed by atoms with Gasteiger partial charge in [0.25, 0.3) is 5.91 Å². The highest BCUT2D eigenvalue weighted by molar-refractivity contribution is 5.79. The highest BCUT2D eigenvalue weighted by atomic mass is 16.5. The molecule has 7 nitrogen and oxygen atoms in total. The van der Waals surface area contributed by atoms with Gasteiger partial charge in [0, 0.05) is 12.4 Å². The molecular weight excluding hydrogens is 362 g/mol. The van der Waals surface area contributed by atoms with Crippen LogP contribution in [0.4, 0.5) is 0 Å². The Kier molecular flexibility index (Phi) is 7.26. The number of aryl methyl sites for hydroxylation is 2. The summed E-state index contributed by atoms with van der Waals surface area (Å²) < 4.78 is 16.0. The van der Waals surface area contributed by atoms with Crippen LogP contribution in [-0.4, -0.2) is 32.7 Å². The van der Waals surface area contributed by atoms with Crippen LogP contribution in [0, 0.1) is 13.8 Å². The highest BCUT2D eigenvalue weighted by Crippen LogP contribution is 2.31. The Morgan fingerprint density at radius 2 is 1.71 bits per heavy atom. The maximum absolute atomic E-state index is 12.4. The number of rotatable bonds is 9. The van der Waals surface area contributed by atoms with E-state index in [-0.39, 0.29) is 13.0 Å². The van der Waals surface area contributed by atoms with Gasteiger partial charge in [-0.3, -0.25) is 4.79 Å². The summed E-state index contributed by atoms with van der Waals surface area (Å²) in [4.78, 5) is 23.5. The van der Waals surface area contributed by atoms with E-state index in [9.17, 15) is 14.7 Å². The number of carbonyl (C=O) groups is 2. The average molecular weight is 386 g/mol. The van der Waals surface area contributed by atoms with Gasteiger partial charge in [-0.2, -0.15) is 0 Å². The fourth-order valence-corrected chi connectivity index (χ4v) is 2.73. The average Bonchev–Trinajstić information content (AvgIpc) is 2.67. The number of hydrogen-bond acceptors (Lipinski definition) is 6. The summed E-state index contributed by atoms with van der Waals surface area (Å²) in [6.45, 7) is 3.58. The second-order valence-electron chi connectivity index (χ2n) is 6.37. The Morgan fingerprint density at radius 1 is 1.00 bits per heavy atom. The summed E-state index contributed by atoms with van der Waals surface area (Å²) in [6.07, 6.45) is -0.384. The predicted molar refractivity (Wildman–Crippen MR) is 101 cm³/mol. The molecule has 0 saturated carbocycles. The van der Waals surface area contributed by atoms with E-state index in [0.717, 1.165) is 11.1 Å². The zero-order valence-electron chi connectivity index (χ0n) is 16.4. The van der Waals surface area contributed by atoms with E-state index in [1.54, 1.807) is 18.2 Å². The van der Waals surface area contributed by atoms with Crippen molar-refractivity contribution in [1.29, 1.82) is 0 Å². The Bertz CT molecular complexity index is 849. The Morgan fingerprint density at radius 3 is 2.36 bits per heavy atom. The molecule has 0 saturated heterocycles. The zero-order valence-corrected chi connectivity index (χ0v) is 16.4. The van der Waals surface area contributed by atoms with Crippen molar-refractivity contribution in [2.45, 2.75) is 26.3 Å². The summed E-state index contributed by atoms with van der Waals surface area (Å²) >= 11 is 0. The minimum Gasteiger partial charge on any atom is -0.550 e. The molecule has 0 heterocycles. The number of hydrogen-bond donors (Lipinski definition) is 1. The molecule has 2 aromatic carbocycles. The van der Waals surface area contributed by atoms with Gasteiger partial charge in [0.05, 0.1) is 20.3 Å². The monoisotopic (exact) mass is 386 g/mol. The lowest BCUT2D eigenvalue weighted by atomic mass is 10.0. The van der Waals surface area contributed by atoms with Crippen LogP contribution >= 0.6 is 0 Å². The van der Waals surface area contributed by atoms with Gasteiger partial charge in [0.2, 0.25) is 0 Å². The lowest BCUT2D eigenvalue weighted by molar-refractivity contribution is -0.306. The van der Waals surface area contributed by atoms with Crippen molar-refractivity contribution in [3.63, 3.8) is 0 Å². The first kappa shape index (κ1) is 21.1. The summed E-state index contributed by atoms with van der Waals surface area (Å²) in [5.41, 5.74) is 2.48. The molecule has 28 heavy (non-hydrogen) atoms. The highest BCUT2D eigenvalue weighted by Gasteiger charge is 2.18. The summed E-state index contributed by atoms with van der Waals surface area (Å²) in [5.74, 6) is -0.178. The topological polar surface area (TPSA) is 96.9 Å². The number of methoxy groups -OCH3 is 2. The van der Waals surface area contributed by atoms with E-state index in [1.165, 1.54) is 14.2 Å². The van der Waals surface area contributed by atoms with Gasteiger partial charge in [-0.05, 0) is 48.7 Å². The first-order chi connectivity index (χ1) is 13.3. The second-order valence-corrected chi connectivity index (χ2v) is 6.37. The van der Waals surface area contributed by atoms with E-state index in [2.05, 4.69) is 5.32 Å². The number of ether oxygens (including phenoxy) is 3. The molecule has 0 aromatic heterocycles. The molecule has 1 N–H and O–H groups in total. The summed E-state index contributed by atoms with van der Waals surface area (Å²) in [5, 5.41) is 13.8. The number of nitrogens with one attached hydrogen (secondary N) is 1. The van der Waals surface area contributed by atoms with Gasteiger partial charge in [-0.15, -0.1) is 0 Å². The molecule has 0 radical (unpaired) electrons. The molecular formula is C21H24NO6-. The largest absolute Gasteiger partial charge is 0.550 e. The van der Waals surface area contributed by atoms with E-state index >= 15 is 0 Å². The first-order valence-corrected chi connectivity index (χ1v) is 8.75. The van der Waals surface area contributed by atoms with Gasteiger partial charge in [-0.1, -0.05) is 18.2 Å². The predicted octanol–water partition coefficient (Wildman–Crippen LogP) is 1.70. The number of carboxylic acids is 1. The molecule has 0 aliphatic rings. The van der Waals surface area contributed by atoms with Crippen molar-refractivity contribution in [1.82, 2.24) is 5.32 Å². The van der Waals surface area contributed by atoms with Crippen molar-refractivity contribution in [3.05, 3.63) is 53.1 Å². The molecule has 0 fully saturated rings. The zero-order chi connectivity index (χ0) is 20.7. The van der Waals surface area contributed by atoms with Crippen LogP contribution in [0.5, 0.6) is 17.2 Å². The minimum absolute atomic E-state index is 0.235. The Balaban J connectivity index is 2.12. The van der Waals surface area contributed by atoms with E-state index in [1.807, 2.05) is 32.0 Å². The van der Waals surface area contributed by atoms with Crippen molar-refractivity contribution in [2.24, 2.45) is 0 Å². The van der Waals surface area contributed by atoms with E-state index < -0.39 is 17.9 Å². The fraction of sp³-hybridized carbons (Fsp3) is 0.333. The lowest BCUT2D eigenvalue weighted by Crippen LogP contribution is -2.36. The van der Waals surface area contributed by atoms with Gasteiger partial charge in [0.15, 0.2) is 18.1 Å². The maximum atomic E-state index is 12.4. The third-order valence-electron chi connectivity index (χ3n) is 4.22. The van der Waals surface area contributed by atoms with Crippen LogP contribution < -0.4 is 24.6 Å². The van der Waals surface area contributed by atoms with Crippen molar-refractivity contribution < 1.29 is 28.9 Å². The molecule has 0 spiro atoms. The normalized spacial score (nSPS) is 11.4. The number of carboxylic acid groups (broad SMARTS) is 1. The Labute approximate surface area is 164 Å².